The minimum absolute atomic E-state index is 0.0942. The molecule has 29 heavy (non-hydrogen) atoms. The number of ether oxygens (including phenoxy) is 1. The van der Waals surface area contributed by atoms with Gasteiger partial charge in [-0.05, 0) is 32.0 Å². The van der Waals surface area contributed by atoms with E-state index < -0.39 is 52.5 Å². The van der Waals surface area contributed by atoms with Crippen LogP contribution in [0.1, 0.15) is 44.7 Å². The van der Waals surface area contributed by atoms with Crippen LogP contribution >= 0.6 is 0 Å². The number of hydroxylamine groups is 1. The number of nitriles is 1. The van der Waals surface area contributed by atoms with Gasteiger partial charge in [-0.1, -0.05) is 6.92 Å². The van der Waals surface area contributed by atoms with Crippen molar-refractivity contribution < 1.29 is 32.6 Å². The highest BCUT2D eigenvalue weighted by Gasteiger charge is 2.71. The molecule has 3 bridgehead atoms. The summed E-state index contributed by atoms with van der Waals surface area (Å²) in [5.41, 5.74) is -3.59. The van der Waals surface area contributed by atoms with Crippen LogP contribution in [0.3, 0.4) is 0 Å². The summed E-state index contributed by atoms with van der Waals surface area (Å²) in [5, 5.41) is 20.5. The average molecular weight is 410 g/mol. The molecule has 0 aliphatic carbocycles. The number of hydrogen-bond donors (Lipinski definition) is 1. The van der Waals surface area contributed by atoms with Crippen molar-refractivity contribution >= 4 is 11.6 Å². The molecular formula is C20H21F3N2O4. The Morgan fingerprint density at radius 2 is 2.00 bits per heavy atom. The number of alkyl halides is 3. The van der Waals surface area contributed by atoms with Gasteiger partial charge in [-0.15, -0.1) is 0 Å². The lowest BCUT2D eigenvalue weighted by Crippen LogP contribution is -2.57. The first-order valence-corrected chi connectivity index (χ1v) is 9.43. The number of halogens is 3. The van der Waals surface area contributed by atoms with Crippen molar-refractivity contribution in [2.75, 3.05) is 5.06 Å². The molecule has 3 saturated heterocycles. The molecule has 0 saturated carbocycles. The fraction of sp³-hybridized carbons (Fsp3) is 0.600. The zero-order valence-electron chi connectivity index (χ0n) is 16.2. The molecule has 4 rings (SSSR count). The number of amides is 1. The van der Waals surface area contributed by atoms with E-state index in [1.807, 2.05) is 6.92 Å². The summed E-state index contributed by atoms with van der Waals surface area (Å²) >= 11 is 0. The number of aliphatic hydroxyl groups is 1. The van der Waals surface area contributed by atoms with E-state index in [2.05, 4.69) is 0 Å². The fourth-order valence-electron chi connectivity index (χ4n) is 5.36. The van der Waals surface area contributed by atoms with E-state index in [1.54, 1.807) is 13.8 Å². The first-order chi connectivity index (χ1) is 13.4. The van der Waals surface area contributed by atoms with E-state index in [0.717, 1.165) is 17.2 Å². The number of nitrogens with zero attached hydrogens (tertiary/aromatic N) is 2. The molecule has 1 aromatic carbocycles. The normalized spacial score (nSPS) is 39.2. The van der Waals surface area contributed by atoms with Crippen LogP contribution in [0.25, 0.3) is 0 Å². The Bertz CT molecular complexity index is 914. The van der Waals surface area contributed by atoms with Crippen molar-refractivity contribution in [2.45, 2.75) is 63.2 Å². The number of carbonyl (C=O) groups excluding carboxylic acids is 1. The molecule has 6 atom stereocenters. The lowest BCUT2D eigenvalue weighted by atomic mass is 9.64. The van der Waals surface area contributed by atoms with E-state index in [-0.39, 0.29) is 18.0 Å². The predicted octanol–water partition coefficient (Wildman–Crippen LogP) is 3.18. The highest BCUT2D eigenvalue weighted by atomic mass is 19.4. The molecule has 156 valence electrons. The number of hydrogen-bond acceptors (Lipinski definition) is 5. The molecule has 6 nitrogen and oxygen atoms in total. The monoisotopic (exact) mass is 410 g/mol. The number of carbonyl (C=O) groups is 1. The first kappa shape index (κ1) is 20.1. The van der Waals surface area contributed by atoms with Crippen LogP contribution in [0, 0.1) is 23.2 Å². The molecule has 9 heteroatoms. The molecule has 1 N–H and O–H groups in total. The molecule has 3 fully saturated rings. The van der Waals surface area contributed by atoms with Crippen LogP contribution in [-0.2, 0) is 20.5 Å². The smallest absolute Gasteiger partial charge is 0.390 e. The van der Waals surface area contributed by atoms with Crippen molar-refractivity contribution in [3.63, 3.8) is 0 Å². The SMILES string of the molecule is CC1CC23OC(C)(CC2O)[C@@H](C(=O)N(c2ccc(C#N)c(C(F)(F)F)c2)O1)C3C. The Morgan fingerprint density at radius 3 is 2.62 bits per heavy atom. The maximum Gasteiger partial charge on any atom is 0.417 e. The number of anilines is 1. The zero-order chi connectivity index (χ0) is 21.4. The van der Waals surface area contributed by atoms with E-state index in [1.165, 1.54) is 12.1 Å². The van der Waals surface area contributed by atoms with Gasteiger partial charge in [0.25, 0.3) is 5.91 Å². The Labute approximate surface area is 165 Å². The van der Waals surface area contributed by atoms with Gasteiger partial charge < -0.3 is 9.84 Å². The average Bonchev–Trinajstić information content (AvgIpc) is 3.01. The zero-order valence-corrected chi connectivity index (χ0v) is 16.2. The van der Waals surface area contributed by atoms with Gasteiger partial charge in [0.2, 0.25) is 0 Å². The van der Waals surface area contributed by atoms with Gasteiger partial charge in [-0.2, -0.15) is 23.5 Å². The Kier molecular flexibility index (Phi) is 4.29. The molecule has 1 spiro atoms. The summed E-state index contributed by atoms with van der Waals surface area (Å²) in [6.07, 6.45) is -5.51. The van der Waals surface area contributed by atoms with Crippen LogP contribution < -0.4 is 5.06 Å². The summed E-state index contributed by atoms with van der Waals surface area (Å²) in [6.45, 7) is 5.25. The van der Waals surface area contributed by atoms with Crippen molar-refractivity contribution in [2.24, 2.45) is 11.8 Å². The van der Waals surface area contributed by atoms with Crippen molar-refractivity contribution in [3.05, 3.63) is 29.3 Å². The summed E-state index contributed by atoms with van der Waals surface area (Å²) < 4.78 is 46.4. The van der Waals surface area contributed by atoms with E-state index in [4.69, 9.17) is 14.8 Å². The second-order valence-electron chi connectivity index (χ2n) is 8.45. The van der Waals surface area contributed by atoms with Gasteiger partial charge in [0, 0.05) is 18.8 Å². The van der Waals surface area contributed by atoms with Gasteiger partial charge in [-0.25, -0.2) is 0 Å². The molecule has 5 unspecified atom stereocenters. The number of benzene rings is 1. The lowest BCUT2D eigenvalue weighted by Gasteiger charge is -2.44. The molecule has 0 aromatic heterocycles. The van der Waals surface area contributed by atoms with Gasteiger partial charge in [0.1, 0.15) is 5.60 Å². The summed E-state index contributed by atoms with van der Waals surface area (Å²) in [5.74, 6) is -1.53. The van der Waals surface area contributed by atoms with Gasteiger partial charge >= 0.3 is 6.18 Å². The second kappa shape index (κ2) is 6.17. The van der Waals surface area contributed by atoms with Gasteiger partial charge in [0.15, 0.2) is 0 Å². The number of aliphatic hydroxyl groups excluding tert-OH is 1. The highest BCUT2D eigenvalue weighted by Crippen LogP contribution is 2.60. The van der Waals surface area contributed by atoms with Crippen molar-refractivity contribution in [1.82, 2.24) is 0 Å². The van der Waals surface area contributed by atoms with Crippen LogP contribution in [-0.4, -0.2) is 34.4 Å². The summed E-state index contributed by atoms with van der Waals surface area (Å²) in [6, 6.07) is 4.59. The number of fused-ring (bicyclic) bond motifs is 3. The Morgan fingerprint density at radius 1 is 1.31 bits per heavy atom. The van der Waals surface area contributed by atoms with Crippen molar-refractivity contribution in [3.8, 4) is 6.07 Å². The standard InChI is InChI=1S/C20H21F3N2O4/c1-10-7-19-11(2)16(18(3,29-19)8-15(19)26)17(27)25(28-10)13-5-4-12(9-24)14(6-13)20(21,22)23/h4-6,10-11,15-16,26H,7-8H2,1-3H3/t10?,11?,15?,16-,18?,19?/m1/s1. The molecular weight excluding hydrogens is 389 g/mol. The minimum Gasteiger partial charge on any atom is -0.390 e. The topological polar surface area (TPSA) is 82.8 Å². The molecule has 1 amide bonds. The maximum absolute atomic E-state index is 13.4. The van der Waals surface area contributed by atoms with E-state index in [0.29, 0.717) is 6.42 Å². The van der Waals surface area contributed by atoms with Crippen LogP contribution in [0.15, 0.2) is 18.2 Å². The lowest BCUT2D eigenvalue weighted by molar-refractivity contribution is -0.145. The molecule has 3 heterocycles. The molecule has 3 aliphatic heterocycles. The molecule has 3 aliphatic rings. The number of rotatable bonds is 1. The van der Waals surface area contributed by atoms with Crippen molar-refractivity contribution in [1.29, 1.82) is 5.26 Å². The molecule has 1 aromatic rings. The summed E-state index contributed by atoms with van der Waals surface area (Å²) in [7, 11) is 0. The third-order valence-corrected chi connectivity index (χ3v) is 6.54. The van der Waals surface area contributed by atoms with E-state index in [9.17, 15) is 23.1 Å². The summed E-state index contributed by atoms with van der Waals surface area (Å²) in [4.78, 5) is 19.2. The second-order valence-corrected chi connectivity index (χ2v) is 8.45. The molecule has 0 radical (unpaired) electrons. The largest absolute Gasteiger partial charge is 0.417 e. The van der Waals surface area contributed by atoms with Crippen LogP contribution in [0.5, 0.6) is 0 Å². The predicted molar refractivity (Wildman–Crippen MR) is 94.3 cm³/mol. The van der Waals surface area contributed by atoms with Gasteiger partial charge in [-0.3, -0.25) is 9.63 Å². The quantitative estimate of drug-likeness (QED) is 0.769. The van der Waals surface area contributed by atoms with E-state index >= 15 is 0 Å². The minimum atomic E-state index is -4.75. The third-order valence-electron chi connectivity index (χ3n) is 6.54. The van der Waals surface area contributed by atoms with Crippen LogP contribution in [0.4, 0.5) is 18.9 Å². The van der Waals surface area contributed by atoms with Gasteiger partial charge in [0.05, 0.1) is 46.6 Å². The maximum atomic E-state index is 13.4. The third kappa shape index (κ3) is 2.77. The Hall–Kier alpha value is -2.15. The highest BCUT2D eigenvalue weighted by molar-refractivity contribution is 5.95. The Balaban J connectivity index is 1.79. The van der Waals surface area contributed by atoms with Crippen LogP contribution in [0.2, 0.25) is 0 Å². The fourth-order valence-corrected chi connectivity index (χ4v) is 5.36. The first-order valence-electron chi connectivity index (χ1n) is 9.43.